The van der Waals surface area contributed by atoms with Gasteiger partial charge in [0.1, 0.15) is 0 Å². The Morgan fingerprint density at radius 1 is 1.12 bits per heavy atom. The number of ether oxygens (including phenoxy) is 2. The third-order valence-electron chi connectivity index (χ3n) is 3.47. The molecule has 1 fully saturated rings. The maximum Gasteiger partial charge on any atom is 0.161 e. The van der Waals surface area contributed by atoms with Crippen LogP contribution in [0.2, 0.25) is 0 Å². The number of fused-ring (bicyclic) bond motifs is 1. The highest BCUT2D eigenvalue weighted by molar-refractivity contribution is 5.43. The van der Waals surface area contributed by atoms with Gasteiger partial charge in [-0.15, -0.1) is 0 Å². The first-order chi connectivity index (χ1) is 7.81. The van der Waals surface area contributed by atoms with Crippen LogP contribution in [0.4, 0.5) is 0 Å². The van der Waals surface area contributed by atoms with E-state index in [2.05, 4.69) is 12.1 Å². The SMILES string of the molecule is NCCc1ccc2c(c1)OCC1(CC1)CO2. The second kappa shape index (κ2) is 3.67. The quantitative estimate of drug-likeness (QED) is 0.824. The molecule has 2 N–H and O–H groups in total. The standard InChI is InChI=1S/C13H17NO2/c14-6-3-10-1-2-11-12(7-10)16-9-13(4-5-13)8-15-11/h1-2,7H,3-6,8-9,14H2. The zero-order valence-electron chi connectivity index (χ0n) is 9.37. The van der Waals surface area contributed by atoms with Gasteiger partial charge in [-0.05, 0) is 43.5 Å². The largest absolute Gasteiger partial charge is 0.489 e. The van der Waals surface area contributed by atoms with Crippen molar-refractivity contribution in [2.24, 2.45) is 11.1 Å². The van der Waals surface area contributed by atoms with Crippen LogP contribution in [0.25, 0.3) is 0 Å². The van der Waals surface area contributed by atoms with Crippen molar-refractivity contribution in [3.8, 4) is 11.5 Å². The summed E-state index contributed by atoms with van der Waals surface area (Å²) in [5.41, 5.74) is 7.08. The van der Waals surface area contributed by atoms with Crippen molar-refractivity contribution in [2.75, 3.05) is 19.8 Å². The highest BCUT2D eigenvalue weighted by atomic mass is 16.5. The molecule has 0 atom stereocenters. The minimum atomic E-state index is 0.313. The van der Waals surface area contributed by atoms with Crippen LogP contribution in [-0.2, 0) is 6.42 Å². The zero-order chi connectivity index (χ0) is 11.0. The Kier molecular flexibility index (Phi) is 2.28. The van der Waals surface area contributed by atoms with E-state index in [1.54, 1.807) is 0 Å². The van der Waals surface area contributed by atoms with Crippen LogP contribution in [0.3, 0.4) is 0 Å². The molecular formula is C13H17NO2. The van der Waals surface area contributed by atoms with Crippen LogP contribution in [0.1, 0.15) is 18.4 Å². The Bertz CT molecular complexity index is 399. The highest BCUT2D eigenvalue weighted by Crippen LogP contribution is 2.49. The molecule has 2 aliphatic rings. The monoisotopic (exact) mass is 219 g/mol. The Balaban J connectivity index is 1.83. The molecule has 16 heavy (non-hydrogen) atoms. The van der Waals surface area contributed by atoms with Gasteiger partial charge in [0.05, 0.1) is 13.2 Å². The molecule has 3 nitrogen and oxygen atoms in total. The highest BCUT2D eigenvalue weighted by Gasteiger charge is 2.46. The predicted molar refractivity (Wildman–Crippen MR) is 61.9 cm³/mol. The van der Waals surface area contributed by atoms with Crippen molar-refractivity contribution in [3.63, 3.8) is 0 Å². The minimum Gasteiger partial charge on any atom is -0.489 e. The summed E-state index contributed by atoms with van der Waals surface area (Å²) in [6.07, 6.45) is 3.36. The van der Waals surface area contributed by atoms with Crippen molar-refractivity contribution in [1.29, 1.82) is 0 Å². The third-order valence-corrected chi connectivity index (χ3v) is 3.47. The van der Waals surface area contributed by atoms with Crippen LogP contribution in [0, 0.1) is 5.41 Å². The molecule has 1 heterocycles. The van der Waals surface area contributed by atoms with Crippen molar-refractivity contribution in [1.82, 2.24) is 0 Å². The van der Waals surface area contributed by atoms with E-state index < -0.39 is 0 Å². The lowest BCUT2D eigenvalue weighted by Gasteiger charge is -2.09. The van der Waals surface area contributed by atoms with E-state index in [1.165, 1.54) is 18.4 Å². The fourth-order valence-corrected chi connectivity index (χ4v) is 2.08. The fourth-order valence-electron chi connectivity index (χ4n) is 2.08. The van der Waals surface area contributed by atoms with Gasteiger partial charge in [0.15, 0.2) is 11.5 Å². The molecule has 1 saturated carbocycles. The van der Waals surface area contributed by atoms with Gasteiger partial charge >= 0.3 is 0 Å². The number of benzene rings is 1. The predicted octanol–water partition coefficient (Wildman–Crippen LogP) is 1.74. The van der Waals surface area contributed by atoms with E-state index in [9.17, 15) is 0 Å². The van der Waals surface area contributed by atoms with E-state index in [1.807, 2.05) is 6.07 Å². The van der Waals surface area contributed by atoms with Gasteiger partial charge in [-0.1, -0.05) is 6.07 Å². The average Bonchev–Trinajstić information content (AvgIpc) is 3.08. The molecular weight excluding hydrogens is 202 g/mol. The Morgan fingerprint density at radius 3 is 2.56 bits per heavy atom. The van der Waals surface area contributed by atoms with Gasteiger partial charge in [0, 0.05) is 5.41 Å². The average molecular weight is 219 g/mol. The normalized spacial score (nSPS) is 20.6. The molecule has 1 aliphatic carbocycles. The maximum atomic E-state index is 5.85. The van der Waals surface area contributed by atoms with Crippen molar-refractivity contribution < 1.29 is 9.47 Å². The Hall–Kier alpha value is -1.22. The summed E-state index contributed by atoms with van der Waals surface area (Å²) < 4.78 is 11.7. The van der Waals surface area contributed by atoms with Crippen molar-refractivity contribution in [3.05, 3.63) is 23.8 Å². The van der Waals surface area contributed by atoms with Crippen molar-refractivity contribution >= 4 is 0 Å². The summed E-state index contributed by atoms with van der Waals surface area (Å²) in [4.78, 5) is 0. The van der Waals surface area contributed by atoms with Gasteiger partial charge in [-0.25, -0.2) is 0 Å². The summed E-state index contributed by atoms with van der Waals surface area (Å²) in [5, 5.41) is 0. The number of hydrogen-bond acceptors (Lipinski definition) is 3. The second-order valence-corrected chi connectivity index (χ2v) is 4.90. The molecule has 86 valence electrons. The van der Waals surface area contributed by atoms with Gasteiger partial charge < -0.3 is 15.2 Å². The smallest absolute Gasteiger partial charge is 0.161 e. The molecule has 0 amide bonds. The van der Waals surface area contributed by atoms with Crippen LogP contribution in [-0.4, -0.2) is 19.8 Å². The molecule has 0 aromatic heterocycles. The lowest BCUT2D eigenvalue weighted by molar-refractivity contribution is 0.197. The lowest BCUT2D eigenvalue weighted by Crippen LogP contribution is -2.17. The van der Waals surface area contributed by atoms with E-state index in [0.29, 0.717) is 12.0 Å². The number of hydrogen-bond donors (Lipinski definition) is 1. The maximum absolute atomic E-state index is 5.85. The molecule has 0 radical (unpaired) electrons. The van der Waals surface area contributed by atoms with E-state index in [4.69, 9.17) is 15.2 Å². The Labute approximate surface area is 95.5 Å². The van der Waals surface area contributed by atoms with E-state index >= 15 is 0 Å². The van der Waals surface area contributed by atoms with Gasteiger partial charge in [-0.2, -0.15) is 0 Å². The summed E-state index contributed by atoms with van der Waals surface area (Å²) in [5.74, 6) is 1.76. The molecule has 1 aromatic rings. The first-order valence-electron chi connectivity index (χ1n) is 5.90. The summed E-state index contributed by atoms with van der Waals surface area (Å²) in [6.45, 7) is 2.27. The molecule has 3 heteroatoms. The van der Waals surface area contributed by atoms with Crippen LogP contribution in [0.15, 0.2) is 18.2 Å². The van der Waals surface area contributed by atoms with Crippen LogP contribution < -0.4 is 15.2 Å². The van der Waals surface area contributed by atoms with Gasteiger partial charge in [0.2, 0.25) is 0 Å². The van der Waals surface area contributed by atoms with Crippen molar-refractivity contribution in [2.45, 2.75) is 19.3 Å². The molecule has 0 bridgehead atoms. The van der Waals surface area contributed by atoms with Crippen LogP contribution in [0.5, 0.6) is 11.5 Å². The molecule has 1 spiro atoms. The fraction of sp³-hybridized carbons (Fsp3) is 0.538. The lowest BCUT2D eigenvalue weighted by atomic mass is 10.1. The van der Waals surface area contributed by atoms with E-state index in [0.717, 1.165) is 31.1 Å². The van der Waals surface area contributed by atoms with Gasteiger partial charge in [0.25, 0.3) is 0 Å². The molecule has 0 saturated heterocycles. The topological polar surface area (TPSA) is 44.5 Å². The Morgan fingerprint density at radius 2 is 1.88 bits per heavy atom. The van der Waals surface area contributed by atoms with Crippen LogP contribution >= 0.6 is 0 Å². The second-order valence-electron chi connectivity index (χ2n) is 4.90. The summed E-state index contributed by atoms with van der Waals surface area (Å²) in [7, 11) is 0. The first kappa shape index (κ1) is 9.97. The first-order valence-corrected chi connectivity index (χ1v) is 5.90. The van der Waals surface area contributed by atoms with Gasteiger partial charge in [-0.3, -0.25) is 0 Å². The minimum absolute atomic E-state index is 0.313. The summed E-state index contributed by atoms with van der Waals surface area (Å²) >= 11 is 0. The number of nitrogens with two attached hydrogens (primary N) is 1. The molecule has 1 aliphatic heterocycles. The molecule has 3 rings (SSSR count). The molecule has 1 aromatic carbocycles. The third kappa shape index (κ3) is 1.76. The zero-order valence-corrected chi connectivity index (χ0v) is 9.37. The molecule has 0 unspecified atom stereocenters. The van der Waals surface area contributed by atoms with E-state index in [-0.39, 0.29) is 0 Å². The number of rotatable bonds is 2. The summed E-state index contributed by atoms with van der Waals surface area (Å²) in [6, 6.07) is 6.13.